The number of carboxylic acid groups (broad SMARTS) is 1. The van der Waals surface area contributed by atoms with Crippen LogP contribution >= 0.6 is 0 Å². The van der Waals surface area contributed by atoms with Crippen molar-refractivity contribution in [3.63, 3.8) is 0 Å². The van der Waals surface area contributed by atoms with Crippen LogP contribution in [0, 0.1) is 0 Å². The van der Waals surface area contributed by atoms with Gasteiger partial charge in [0.1, 0.15) is 5.71 Å². The minimum Gasteiger partial charge on any atom is -0.481 e. The van der Waals surface area contributed by atoms with Crippen LogP contribution in [0.25, 0.3) is 0 Å². The first-order valence-corrected chi connectivity index (χ1v) is 6.36. The number of hydrazone groups is 1. The van der Waals surface area contributed by atoms with Gasteiger partial charge in [-0.05, 0) is 12.8 Å². The molecule has 1 fully saturated rings. The maximum Gasteiger partial charge on any atom is 0.305 e. The summed E-state index contributed by atoms with van der Waals surface area (Å²) in [7, 11) is 1.52. The summed E-state index contributed by atoms with van der Waals surface area (Å²) in [6.45, 7) is 0.563. The van der Waals surface area contributed by atoms with Gasteiger partial charge in [0, 0.05) is 32.5 Å². The van der Waals surface area contributed by atoms with Gasteiger partial charge < -0.3 is 10.0 Å². The van der Waals surface area contributed by atoms with E-state index in [1.807, 2.05) is 0 Å². The number of hydrogen-bond acceptors (Lipinski definition) is 4. The Labute approximate surface area is 110 Å². The van der Waals surface area contributed by atoms with Crippen LogP contribution in [-0.4, -0.2) is 58.1 Å². The van der Waals surface area contributed by atoms with Crippen molar-refractivity contribution in [1.29, 1.82) is 0 Å². The molecule has 2 rings (SSSR count). The van der Waals surface area contributed by atoms with Gasteiger partial charge in [-0.25, -0.2) is 5.01 Å². The van der Waals surface area contributed by atoms with Crippen LogP contribution in [-0.2, 0) is 14.4 Å². The molecule has 1 unspecified atom stereocenters. The number of nitrogens with zero attached hydrogens (tertiary/aromatic N) is 3. The Morgan fingerprint density at radius 1 is 1.42 bits per heavy atom. The molecule has 19 heavy (non-hydrogen) atoms. The molecule has 2 aliphatic heterocycles. The molecule has 1 saturated heterocycles. The molecular weight excluding hydrogens is 250 g/mol. The van der Waals surface area contributed by atoms with E-state index in [0.29, 0.717) is 25.1 Å². The smallest absolute Gasteiger partial charge is 0.305 e. The maximum absolute atomic E-state index is 12.3. The van der Waals surface area contributed by atoms with Crippen LogP contribution in [0.2, 0.25) is 0 Å². The van der Waals surface area contributed by atoms with Gasteiger partial charge in [0.2, 0.25) is 5.91 Å². The van der Waals surface area contributed by atoms with E-state index in [9.17, 15) is 14.4 Å². The van der Waals surface area contributed by atoms with Gasteiger partial charge in [0.25, 0.3) is 5.91 Å². The van der Waals surface area contributed by atoms with Crippen molar-refractivity contribution in [3.05, 3.63) is 0 Å². The van der Waals surface area contributed by atoms with Crippen LogP contribution in [0.3, 0.4) is 0 Å². The summed E-state index contributed by atoms with van der Waals surface area (Å²) < 4.78 is 0. The SMILES string of the molecule is CN1N=C(C(=O)N2CCCC2CC(=O)O)CCC1=O. The summed E-state index contributed by atoms with van der Waals surface area (Å²) in [5, 5.41) is 14.0. The first kappa shape index (κ1) is 13.5. The van der Waals surface area contributed by atoms with Gasteiger partial charge in [0.15, 0.2) is 0 Å². The van der Waals surface area contributed by atoms with E-state index < -0.39 is 5.97 Å². The Morgan fingerprint density at radius 3 is 2.79 bits per heavy atom. The fourth-order valence-corrected chi connectivity index (χ4v) is 2.51. The molecule has 0 aliphatic carbocycles. The van der Waals surface area contributed by atoms with E-state index in [4.69, 9.17) is 5.11 Å². The number of likely N-dealkylation sites (tertiary alicyclic amines) is 1. The van der Waals surface area contributed by atoms with Crippen molar-refractivity contribution in [2.45, 2.75) is 38.1 Å². The van der Waals surface area contributed by atoms with E-state index in [1.165, 1.54) is 12.1 Å². The lowest BCUT2D eigenvalue weighted by Crippen LogP contribution is -2.43. The van der Waals surface area contributed by atoms with Crippen LogP contribution < -0.4 is 0 Å². The lowest BCUT2D eigenvalue weighted by atomic mass is 10.1. The molecule has 2 aliphatic rings. The van der Waals surface area contributed by atoms with Crippen molar-refractivity contribution < 1.29 is 19.5 Å². The van der Waals surface area contributed by atoms with Gasteiger partial charge in [-0.15, -0.1) is 0 Å². The zero-order valence-electron chi connectivity index (χ0n) is 10.8. The van der Waals surface area contributed by atoms with Crippen molar-refractivity contribution in [1.82, 2.24) is 9.91 Å². The fourth-order valence-electron chi connectivity index (χ4n) is 2.51. The average molecular weight is 267 g/mol. The van der Waals surface area contributed by atoms with Crippen LogP contribution in [0.15, 0.2) is 5.10 Å². The predicted molar refractivity (Wildman–Crippen MR) is 66.4 cm³/mol. The van der Waals surface area contributed by atoms with Gasteiger partial charge in [-0.1, -0.05) is 0 Å². The van der Waals surface area contributed by atoms with E-state index >= 15 is 0 Å². The Bertz CT molecular complexity index is 446. The first-order valence-electron chi connectivity index (χ1n) is 6.36. The average Bonchev–Trinajstić information content (AvgIpc) is 2.79. The lowest BCUT2D eigenvalue weighted by Gasteiger charge is -2.26. The second-order valence-corrected chi connectivity index (χ2v) is 4.86. The number of carbonyl (C=O) groups excluding carboxylic acids is 2. The maximum atomic E-state index is 12.3. The molecule has 0 bridgehead atoms. The van der Waals surface area contributed by atoms with Gasteiger partial charge >= 0.3 is 5.97 Å². The summed E-state index contributed by atoms with van der Waals surface area (Å²) in [5.74, 6) is -1.24. The minimum atomic E-state index is -0.900. The monoisotopic (exact) mass is 267 g/mol. The summed E-state index contributed by atoms with van der Waals surface area (Å²) in [6.07, 6.45) is 2.09. The molecule has 2 amide bonds. The third-order valence-electron chi connectivity index (χ3n) is 3.50. The highest BCUT2D eigenvalue weighted by molar-refractivity contribution is 6.39. The summed E-state index contributed by atoms with van der Waals surface area (Å²) >= 11 is 0. The van der Waals surface area contributed by atoms with Crippen molar-refractivity contribution in [2.24, 2.45) is 5.10 Å². The molecule has 1 N–H and O–H groups in total. The van der Waals surface area contributed by atoms with Crippen LogP contribution in [0.5, 0.6) is 0 Å². The standard InChI is InChI=1S/C12H17N3O4/c1-14-10(16)5-4-9(13-14)12(19)15-6-2-3-8(15)7-11(17)18/h8H,2-7H2,1H3,(H,17,18). The third kappa shape index (κ3) is 2.91. The second-order valence-electron chi connectivity index (χ2n) is 4.86. The Kier molecular flexibility index (Phi) is 3.82. The molecule has 0 aromatic heterocycles. The Hall–Kier alpha value is -1.92. The summed E-state index contributed by atoms with van der Waals surface area (Å²) in [4.78, 5) is 36.0. The molecule has 0 radical (unpaired) electrons. The number of carbonyl (C=O) groups is 3. The molecule has 0 aromatic carbocycles. The summed E-state index contributed by atoms with van der Waals surface area (Å²) in [6, 6.07) is -0.254. The van der Waals surface area contributed by atoms with E-state index in [0.717, 1.165) is 6.42 Å². The normalized spacial score (nSPS) is 23.5. The van der Waals surface area contributed by atoms with Gasteiger partial charge in [-0.3, -0.25) is 14.4 Å². The van der Waals surface area contributed by atoms with Crippen molar-refractivity contribution in [3.8, 4) is 0 Å². The molecule has 0 aromatic rings. The second kappa shape index (κ2) is 5.38. The van der Waals surface area contributed by atoms with Crippen LogP contribution in [0.1, 0.15) is 32.1 Å². The number of hydrogen-bond donors (Lipinski definition) is 1. The van der Waals surface area contributed by atoms with E-state index in [2.05, 4.69) is 5.10 Å². The van der Waals surface area contributed by atoms with Crippen molar-refractivity contribution >= 4 is 23.5 Å². The third-order valence-corrected chi connectivity index (χ3v) is 3.50. The largest absolute Gasteiger partial charge is 0.481 e. The highest BCUT2D eigenvalue weighted by atomic mass is 16.4. The van der Waals surface area contributed by atoms with Gasteiger partial charge in [-0.2, -0.15) is 5.10 Å². The molecule has 0 spiro atoms. The summed E-state index contributed by atoms with van der Waals surface area (Å²) in [5.41, 5.74) is 0.347. The highest BCUT2D eigenvalue weighted by Gasteiger charge is 2.34. The minimum absolute atomic E-state index is 0.0339. The van der Waals surface area contributed by atoms with Crippen molar-refractivity contribution in [2.75, 3.05) is 13.6 Å². The Morgan fingerprint density at radius 2 is 2.16 bits per heavy atom. The first-order chi connectivity index (χ1) is 8.99. The highest BCUT2D eigenvalue weighted by Crippen LogP contribution is 2.22. The van der Waals surface area contributed by atoms with E-state index in [-0.39, 0.29) is 30.7 Å². The molecule has 7 heteroatoms. The molecule has 1 atom stereocenters. The van der Waals surface area contributed by atoms with Gasteiger partial charge in [0.05, 0.1) is 6.42 Å². The predicted octanol–water partition coefficient (Wildman–Crippen LogP) is 0.0603. The number of aliphatic carboxylic acids is 1. The van der Waals surface area contributed by atoms with Crippen LogP contribution in [0.4, 0.5) is 0 Å². The number of rotatable bonds is 3. The Balaban J connectivity index is 2.08. The number of carboxylic acids is 1. The zero-order valence-corrected chi connectivity index (χ0v) is 10.8. The molecule has 104 valence electrons. The topological polar surface area (TPSA) is 90.3 Å². The molecule has 0 saturated carbocycles. The quantitative estimate of drug-likeness (QED) is 0.783. The van der Waals surface area contributed by atoms with E-state index in [1.54, 1.807) is 4.90 Å². The fraction of sp³-hybridized carbons (Fsp3) is 0.667. The number of amides is 2. The lowest BCUT2D eigenvalue weighted by molar-refractivity contribution is -0.138. The zero-order chi connectivity index (χ0) is 14.0. The molecular formula is C12H17N3O4. The molecule has 2 heterocycles. The molecule has 7 nitrogen and oxygen atoms in total.